The Hall–Kier alpha value is -1.97. The summed E-state index contributed by atoms with van der Waals surface area (Å²) in [6, 6.07) is 4.32. The van der Waals surface area contributed by atoms with E-state index in [4.69, 9.17) is 0 Å². The van der Waals surface area contributed by atoms with Crippen molar-refractivity contribution in [3.8, 4) is 11.1 Å². The van der Waals surface area contributed by atoms with Gasteiger partial charge >= 0.3 is 0 Å². The lowest BCUT2D eigenvalue weighted by Crippen LogP contribution is -2.01. The Bertz CT molecular complexity index is 659. The number of hydrogen-bond donors (Lipinski definition) is 0. The molecule has 0 spiro atoms. The van der Waals surface area contributed by atoms with Crippen LogP contribution in [0, 0.1) is 5.82 Å². The summed E-state index contributed by atoms with van der Waals surface area (Å²) in [7, 11) is 1.88. The Labute approximate surface area is 118 Å². The van der Waals surface area contributed by atoms with Gasteiger partial charge in [0.05, 0.1) is 5.69 Å². The number of benzene rings is 1. The first-order valence-electron chi connectivity index (χ1n) is 6.85. The zero-order valence-electron chi connectivity index (χ0n) is 12.3. The summed E-state index contributed by atoms with van der Waals surface area (Å²) >= 11 is 0. The molecule has 0 saturated carbocycles. The van der Waals surface area contributed by atoms with E-state index in [1.807, 2.05) is 25.6 Å². The minimum atomic E-state index is -0.335. The molecule has 1 aromatic heterocycles. The van der Waals surface area contributed by atoms with Crippen molar-refractivity contribution < 1.29 is 9.18 Å². The first-order chi connectivity index (χ1) is 9.49. The molecule has 0 aliphatic carbocycles. The first kappa shape index (κ1) is 14.4. The largest absolute Gasteiger partial charge is 0.294 e. The number of halogens is 1. The van der Waals surface area contributed by atoms with Crippen molar-refractivity contribution in [3.63, 3.8) is 0 Å². The van der Waals surface area contributed by atoms with Crippen LogP contribution in [0.5, 0.6) is 0 Å². The molecule has 106 valence electrons. The fourth-order valence-electron chi connectivity index (χ4n) is 2.61. The highest BCUT2D eigenvalue weighted by Gasteiger charge is 2.20. The normalized spacial score (nSPS) is 10.8. The van der Waals surface area contributed by atoms with E-state index in [1.165, 1.54) is 19.1 Å². The summed E-state index contributed by atoms with van der Waals surface area (Å²) in [5.74, 6) is -0.397. The highest BCUT2D eigenvalue weighted by molar-refractivity contribution is 6.01. The third-order valence-corrected chi connectivity index (χ3v) is 3.54. The highest BCUT2D eigenvalue weighted by Crippen LogP contribution is 2.32. The van der Waals surface area contributed by atoms with E-state index < -0.39 is 0 Å². The smallest absolute Gasteiger partial charge is 0.160 e. The maximum Gasteiger partial charge on any atom is 0.160 e. The molecule has 0 amide bonds. The fourth-order valence-corrected chi connectivity index (χ4v) is 2.61. The van der Waals surface area contributed by atoms with Gasteiger partial charge in [0.25, 0.3) is 0 Å². The summed E-state index contributed by atoms with van der Waals surface area (Å²) < 4.78 is 15.5. The predicted octanol–water partition coefficient (Wildman–Crippen LogP) is 3.55. The van der Waals surface area contributed by atoms with Crippen molar-refractivity contribution in [2.24, 2.45) is 7.05 Å². The van der Waals surface area contributed by atoms with Gasteiger partial charge in [-0.2, -0.15) is 5.10 Å². The second-order valence-corrected chi connectivity index (χ2v) is 4.85. The Morgan fingerprint density at radius 2 is 2.00 bits per heavy atom. The van der Waals surface area contributed by atoms with Gasteiger partial charge in [-0.3, -0.25) is 9.48 Å². The molecule has 2 rings (SSSR count). The maximum atomic E-state index is 13.6. The predicted molar refractivity (Wildman–Crippen MR) is 77.4 cm³/mol. The van der Waals surface area contributed by atoms with Crippen LogP contribution in [-0.4, -0.2) is 15.6 Å². The zero-order chi connectivity index (χ0) is 14.9. The second kappa shape index (κ2) is 5.57. The molecule has 3 nitrogen and oxygen atoms in total. The lowest BCUT2D eigenvalue weighted by Gasteiger charge is -2.10. The number of aromatic nitrogens is 2. The van der Waals surface area contributed by atoms with Crippen molar-refractivity contribution in [1.82, 2.24) is 9.78 Å². The molecule has 0 saturated heterocycles. The molecule has 0 atom stereocenters. The highest BCUT2D eigenvalue weighted by atomic mass is 19.1. The lowest BCUT2D eigenvalue weighted by atomic mass is 9.94. The second-order valence-electron chi connectivity index (χ2n) is 4.85. The van der Waals surface area contributed by atoms with Crippen molar-refractivity contribution in [2.45, 2.75) is 33.6 Å². The van der Waals surface area contributed by atoms with Gasteiger partial charge in [0.1, 0.15) is 5.82 Å². The van der Waals surface area contributed by atoms with Gasteiger partial charge in [-0.15, -0.1) is 0 Å². The standard InChI is InChI=1S/C16H19FN2O/c1-5-14-16(15(6-2)19(4)18-14)13-9-11(17)7-8-12(13)10(3)20/h7-9H,5-6H2,1-4H3. The molecule has 4 heteroatoms. The van der Waals surface area contributed by atoms with Gasteiger partial charge in [-0.1, -0.05) is 13.8 Å². The van der Waals surface area contributed by atoms with Crippen molar-refractivity contribution in [3.05, 3.63) is 41.0 Å². The first-order valence-corrected chi connectivity index (χ1v) is 6.85. The molecule has 0 unspecified atom stereocenters. The van der Waals surface area contributed by atoms with Crippen LogP contribution in [0.2, 0.25) is 0 Å². The molecule has 1 aromatic carbocycles. The van der Waals surface area contributed by atoms with Gasteiger partial charge in [-0.05, 0) is 43.5 Å². The molecule has 2 aromatic rings. The van der Waals surface area contributed by atoms with Crippen LogP contribution in [0.15, 0.2) is 18.2 Å². The van der Waals surface area contributed by atoms with E-state index in [1.54, 1.807) is 6.07 Å². The Morgan fingerprint density at radius 1 is 1.30 bits per heavy atom. The molecule has 0 aliphatic rings. The van der Waals surface area contributed by atoms with E-state index >= 15 is 0 Å². The van der Waals surface area contributed by atoms with Gasteiger partial charge in [0.2, 0.25) is 0 Å². The number of aryl methyl sites for hydroxylation is 2. The number of Topliss-reactive ketones (excluding diaryl/α,β-unsaturated/α-hetero) is 1. The SMILES string of the molecule is CCc1nn(C)c(CC)c1-c1cc(F)ccc1C(C)=O. The Morgan fingerprint density at radius 3 is 2.55 bits per heavy atom. The van der Waals surface area contributed by atoms with Crippen LogP contribution in [0.1, 0.15) is 42.5 Å². The lowest BCUT2D eigenvalue weighted by molar-refractivity contribution is 0.101. The number of nitrogens with zero attached hydrogens (tertiary/aromatic N) is 2. The molecule has 20 heavy (non-hydrogen) atoms. The Balaban J connectivity index is 2.79. The molecule has 0 aliphatic heterocycles. The summed E-state index contributed by atoms with van der Waals surface area (Å²) in [6.07, 6.45) is 1.53. The number of carbonyl (C=O) groups excluding carboxylic acids is 1. The summed E-state index contributed by atoms with van der Waals surface area (Å²) in [6.45, 7) is 5.55. The third-order valence-electron chi connectivity index (χ3n) is 3.54. The summed E-state index contributed by atoms with van der Waals surface area (Å²) in [5.41, 5.74) is 4.03. The van der Waals surface area contributed by atoms with Gasteiger partial charge in [-0.25, -0.2) is 4.39 Å². The Kier molecular flexibility index (Phi) is 4.02. The van der Waals surface area contributed by atoms with E-state index in [9.17, 15) is 9.18 Å². The van der Waals surface area contributed by atoms with Crippen LogP contribution in [0.25, 0.3) is 11.1 Å². The average molecular weight is 274 g/mol. The molecular weight excluding hydrogens is 255 g/mol. The number of hydrogen-bond acceptors (Lipinski definition) is 2. The van der Waals surface area contributed by atoms with E-state index in [0.29, 0.717) is 11.1 Å². The molecule has 0 radical (unpaired) electrons. The average Bonchev–Trinajstić information content (AvgIpc) is 2.74. The van der Waals surface area contributed by atoms with Crippen molar-refractivity contribution in [1.29, 1.82) is 0 Å². The minimum absolute atomic E-state index is 0.0621. The van der Waals surface area contributed by atoms with Crippen LogP contribution in [-0.2, 0) is 19.9 Å². The van der Waals surface area contributed by atoms with Crippen molar-refractivity contribution in [2.75, 3.05) is 0 Å². The van der Waals surface area contributed by atoms with E-state index in [0.717, 1.165) is 29.8 Å². The van der Waals surface area contributed by atoms with Crippen LogP contribution >= 0.6 is 0 Å². The fraction of sp³-hybridized carbons (Fsp3) is 0.375. The minimum Gasteiger partial charge on any atom is -0.294 e. The number of carbonyl (C=O) groups is 1. The van der Waals surface area contributed by atoms with Crippen LogP contribution in [0.3, 0.4) is 0 Å². The summed E-state index contributed by atoms with van der Waals surface area (Å²) in [4.78, 5) is 11.8. The van der Waals surface area contributed by atoms with Crippen LogP contribution in [0.4, 0.5) is 4.39 Å². The molecular formula is C16H19FN2O. The topological polar surface area (TPSA) is 34.9 Å². The van der Waals surface area contributed by atoms with Gasteiger partial charge < -0.3 is 0 Å². The monoisotopic (exact) mass is 274 g/mol. The third kappa shape index (κ3) is 2.38. The summed E-state index contributed by atoms with van der Waals surface area (Å²) in [5, 5.41) is 4.49. The molecule has 0 bridgehead atoms. The van der Waals surface area contributed by atoms with Crippen molar-refractivity contribution >= 4 is 5.78 Å². The molecule has 1 heterocycles. The van der Waals surface area contributed by atoms with E-state index in [2.05, 4.69) is 5.10 Å². The van der Waals surface area contributed by atoms with Crippen LogP contribution < -0.4 is 0 Å². The van der Waals surface area contributed by atoms with E-state index in [-0.39, 0.29) is 11.6 Å². The van der Waals surface area contributed by atoms with Gasteiger partial charge in [0, 0.05) is 23.9 Å². The number of rotatable bonds is 4. The quantitative estimate of drug-likeness (QED) is 0.799. The zero-order valence-corrected chi connectivity index (χ0v) is 12.3. The molecule has 0 fully saturated rings. The number of ketones is 1. The maximum absolute atomic E-state index is 13.6. The van der Waals surface area contributed by atoms with Gasteiger partial charge in [0.15, 0.2) is 5.78 Å². The molecule has 0 N–H and O–H groups in total.